The van der Waals surface area contributed by atoms with Gasteiger partial charge in [0.05, 0.1) is 31.5 Å². The van der Waals surface area contributed by atoms with Crippen LogP contribution in [0.1, 0.15) is 23.0 Å². The highest BCUT2D eigenvalue weighted by Crippen LogP contribution is 2.09. The number of likely N-dealkylation sites (N-methyl/N-ethyl adjacent to an activating group) is 1. The van der Waals surface area contributed by atoms with Crippen LogP contribution in [0, 0.1) is 0 Å². The van der Waals surface area contributed by atoms with Crippen molar-refractivity contribution in [1.82, 2.24) is 9.88 Å². The lowest BCUT2D eigenvalue weighted by molar-refractivity contribution is -0.144. The maximum Gasteiger partial charge on any atom is 0.339 e. The van der Waals surface area contributed by atoms with E-state index in [1.54, 1.807) is 37.2 Å². The number of hydrogen-bond acceptors (Lipinski definition) is 6. The second kappa shape index (κ2) is 7.48. The Morgan fingerprint density at radius 1 is 1.42 bits per heavy atom. The summed E-state index contributed by atoms with van der Waals surface area (Å²) < 4.78 is 9.55. The molecule has 0 aliphatic carbocycles. The molecule has 0 N–H and O–H groups in total. The zero-order valence-corrected chi connectivity index (χ0v) is 11.4. The molecule has 0 amide bonds. The number of methoxy groups -OCH3 is 1. The van der Waals surface area contributed by atoms with E-state index in [0.29, 0.717) is 24.4 Å². The third-order valence-electron chi connectivity index (χ3n) is 2.42. The highest BCUT2D eigenvalue weighted by molar-refractivity contribution is 5.90. The monoisotopic (exact) mass is 266 g/mol. The summed E-state index contributed by atoms with van der Waals surface area (Å²) in [4.78, 5) is 28.8. The molecule has 0 radical (unpaired) electrons. The first-order valence-electron chi connectivity index (χ1n) is 5.94. The van der Waals surface area contributed by atoms with Crippen molar-refractivity contribution in [3.05, 3.63) is 29.6 Å². The fourth-order valence-electron chi connectivity index (χ4n) is 1.60. The van der Waals surface area contributed by atoms with E-state index in [0.717, 1.165) is 0 Å². The van der Waals surface area contributed by atoms with Gasteiger partial charge in [-0.2, -0.15) is 0 Å². The van der Waals surface area contributed by atoms with Gasteiger partial charge in [0.1, 0.15) is 0 Å². The molecule has 0 spiro atoms. The fourth-order valence-corrected chi connectivity index (χ4v) is 1.60. The molecule has 104 valence electrons. The van der Waals surface area contributed by atoms with Gasteiger partial charge in [0.2, 0.25) is 0 Å². The molecular formula is C13H18N2O4. The molecule has 1 rings (SSSR count). The molecule has 0 fully saturated rings. The van der Waals surface area contributed by atoms with Gasteiger partial charge in [0, 0.05) is 12.7 Å². The van der Waals surface area contributed by atoms with Crippen LogP contribution in [0.5, 0.6) is 0 Å². The number of carbonyl (C=O) groups is 2. The van der Waals surface area contributed by atoms with E-state index in [1.807, 2.05) is 0 Å². The molecule has 1 heterocycles. The van der Waals surface area contributed by atoms with E-state index in [4.69, 9.17) is 4.74 Å². The lowest BCUT2D eigenvalue weighted by atomic mass is 10.2. The van der Waals surface area contributed by atoms with Crippen molar-refractivity contribution in [2.45, 2.75) is 13.5 Å². The highest BCUT2D eigenvalue weighted by atomic mass is 16.5. The summed E-state index contributed by atoms with van der Waals surface area (Å²) in [6, 6.07) is 3.31. The molecule has 1 aromatic rings. The topological polar surface area (TPSA) is 68.7 Å². The van der Waals surface area contributed by atoms with E-state index >= 15 is 0 Å². The molecule has 6 nitrogen and oxygen atoms in total. The van der Waals surface area contributed by atoms with Gasteiger partial charge in [-0.25, -0.2) is 4.79 Å². The first kappa shape index (κ1) is 15.1. The number of esters is 2. The Morgan fingerprint density at radius 3 is 2.79 bits per heavy atom. The van der Waals surface area contributed by atoms with Gasteiger partial charge in [0.25, 0.3) is 0 Å². The van der Waals surface area contributed by atoms with Gasteiger partial charge in [-0.1, -0.05) is 0 Å². The van der Waals surface area contributed by atoms with Gasteiger partial charge in [0.15, 0.2) is 0 Å². The van der Waals surface area contributed by atoms with Crippen molar-refractivity contribution in [1.29, 1.82) is 0 Å². The van der Waals surface area contributed by atoms with Crippen LogP contribution in [0.3, 0.4) is 0 Å². The Morgan fingerprint density at radius 2 is 2.16 bits per heavy atom. The lowest BCUT2D eigenvalue weighted by Crippen LogP contribution is -2.28. The summed E-state index contributed by atoms with van der Waals surface area (Å²) in [7, 11) is 3.08. The van der Waals surface area contributed by atoms with Crippen LogP contribution >= 0.6 is 0 Å². The van der Waals surface area contributed by atoms with Gasteiger partial charge < -0.3 is 9.47 Å². The van der Waals surface area contributed by atoms with Crippen LogP contribution in [0.25, 0.3) is 0 Å². The standard InChI is InChI=1S/C13H18N2O4/c1-4-19-12(16)9-15(2)8-11-10(13(17)18-3)6-5-7-14-11/h5-7H,4,8-9H2,1-3H3. The number of pyridine rings is 1. The number of nitrogens with zero attached hydrogens (tertiary/aromatic N) is 2. The summed E-state index contributed by atoms with van der Waals surface area (Å²) >= 11 is 0. The zero-order chi connectivity index (χ0) is 14.3. The fraction of sp³-hybridized carbons (Fsp3) is 0.462. The Balaban J connectivity index is 2.71. The number of carbonyl (C=O) groups excluding carboxylic acids is 2. The largest absolute Gasteiger partial charge is 0.465 e. The molecule has 0 atom stereocenters. The summed E-state index contributed by atoms with van der Waals surface area (Å²) in [6.45, 7) is 2.62. The average molecular weight is 266 g/mol. The van der Waals surface area contributed by atoms with Crippen LogP contribution in [0.15, 0.2) is 18.3 Å². The van der Waals surface area contributed by atoms with Crippen molar-refractivity contribution < 1.29 is 19.1 Å². The van der Waals surface area contributed by atoms with Crippen LogP contribution in [0.2, 0.25) is 0 Å². The molecule has 1 aromatic heterocycles. The van der Waals surface area contributed by atoms with E-state index in [1.165, 1.54) is 7.11 Å². The third-order valence-corrected chi connectivity index (χ3v) is 2.42. The van der Waals surface area contributed by atoms with Crippen molar-refractivity contribution in [3.63, 3.8) is 0 Å². The minimum atomic E-state index is -0.437. The van der Waals surface area contributed by atoms with E-state index in [2.05, 4.69) is 9.72 Å². The molecule has 0 saturated heterocycles. The summed E-state index contributed by atoms with van der Waals surface area (Å²) in [5.41, 5.74) is 0.974. The Bertz CT molecular complexity index is 448. The quantitative estimate of drug-likeness (QED) is 0.711. The predicted molar refractivity (Wildman–Crippen MR) is 68.5 cm³/mol. The van der Waals surface area contributed by atoms with Gasteiger partial charge in [-0.15, -0.1) is 0 Å². The van der Waals surface area contributed by atoms with Gasteiger partial charge in [-0.3, -0.25) is 14.7 Å². The van der Waals surface area contributed by atoms with Crippen molar-refractivity contribution >= 4 is 11.9 Å². The number of ether oxygens (including phenoxy) is 2. The van der Waals surface area contributed by atoms with Gasteiger partial charge >= 0.3 is 11.9 Å². The summed E-state index contributed by atoms with van der Waals surface area (Å²) in [6.07, 6.45) is 1.60. The minimum Gasteiger partial charge on any atom is -0.465 e. The maximum absolute atomic E-state index is 11.6. The smallest absolute Gasteiger partial charge is 0.339 e. The second-order valence-electron chi connectivity index (χ2n) is 3.97. The van der Waals surface area contributed by atoms with Crippen molar-refractivity contribution in [2.75, 3.05) is 27.3 Å². The van der Waals surface area contributed by atoms with Crippen molar-refractivity contribution in [3.8, 4) is 0 Å². The average Bonchev–Trinajstić information content (AvgIpc) is 2.38. The van der Waals surface area contributed by atoms with E-state index < -0.39 is 5.97 Å². The van der Waals surface area contributed by atoms with E-state index in [9.17, 15) is 9.59 Å². The first-order valence-corrected chi connectivity index (χ1v) is 5.94. The summed E-state index contributed by atoms with van der Waals surface area (Å²) in [5, 5.41) is 0. The predicted octanol–water partition coefficient (Wildman–Crippen LogP) is 0.863. The molecule has 0 aliphatic heterocycles. The Hall–Kier alpha value is -1.95. The lowest BCUT2D eigenvalue weighted by Gasteiger charge is -2.16. The molecule has 0 unspecified atom stereocenters. The van der Waals surface area contributed by atoms with Crippen LogP contribution in [0.4, 0.5) is 0 Å². The SMILES string of the molecule is CCOC(=O)CN(C)Cc1ncccc1C(=O)OC. The van der Waals surface area contributed by atoms with Gasteiger partial charge in [-0.05, 0) is 26.1 Å². The van der Waals surface area contributed by atoms with E-state index in [-0.39, 0.29) is 12.5 Å². The molecule has 0 aliphatic rings. The number of rotatable bonds is 6. The normalized spacial score (nSPS) is 10.3. The number of hydrogen-bond donors (Lipinski definition) is 0. The Labute approximate surface area is 112 Å². The third kappa shape index (κ3) is 4.67. The highest BCUT2D eigenvalue weighted by Gasteiger charge is 2.15. The Kier molecular flexibility index (Phi) is 5.95. The molecule has 6 heteroatoms. The summed E-state index contributed by atoms with van der Waals surface area (Å²) in [5.74, 6) is -0.742. The maximum atomic E-state index is 11.6. The molecule has 19 heavy (non-hydrogen) atoms. The first-order chi connectivity index (χ1) is 9.08. The van der Waals surface area contributed by atoms with Crippen molar-refractivity contribution in [2.24, 2.45) is 0 Å². The molecule has 0 bridgehead atoms. The molecular weight excluding hydrogens is 248 g/mol. The van der Waals surface area contributed by atoms with Crippen LogP contribution < -0.4 is 0 Å². The minimum absolute atomic E-state index is 0.144. The molecule has 0 aromatic carbocycles. The van der Waals surface area contributed by atoms with Crippen LogP contribution in [-0.4, -0.2) is 49.1 Å². The number of aromatic nitrogens is 1. The van der Waals surface area contributed by atoms with Crippen LogP contribution in [-0.2, 0) is 20.8 Å². The molecule has 0 saturated carbocycles. The second-order valence-corrected chi connectivity index (χ2v) is 3.97. The zero-order valence-electron chi connectivity index (χ0n) is 11.4.